The summed E-state index contributed by atoms with van der Waals surface area (Å²) in [6.45, 7) is 0. The van der Waals surface area contributed by atoms with Crippen molar-refractivity contribution >= 4 is 22.0 Å². The molecule has 0 aliphatic carbocycles. The van der Waals surface area contributed by atoms with Gasteiger partial charge in [-0.3, -0.25) is 4.98 Å². The molecular formula is C22H15IrN2O-. The molecule has 5 rings (SSSR count). The van der Waals surface area contributed by atoms with E-state index in [9.17, 15) is 0 Å². The Balaban J connectivity index is 0.00000192. The topological polar surface area (TPSA) is 41.8 Å². The van der Waals surface area contributed by atoms with Crippen LogP contribution < -0.4 is 0 Å². The monoisotopic (exact) mass is 518 g/mol. The first kappa shape index (κ1) is 14.5. The zero-order valence-corrected chi connectivity index (χ0v) is 16.0. The number of nitrogens with one attached hydrogen (secondary N) is 1. The zero-order valence-electron chi connectivity index (χ0n) is 15.6. The van der Waals surface area contributed by atoms with E-state index in [0.717, 1.165) is 16.4 Å². The third-order valence-electron chi connectivity index (χ3n) is 4.20. The van der Waals surface area contributed by atoms with Gasteiger partial charge in [-0.1, -0.05) is 77.2 Å². The molecule has 2 heterocycles. The minimum atomic E-state index is -1.61. The quantitative estimate of drug-likeness (QED) is 0.327. The molecule has 3 aromatic carbocycles. The molecule has 0 aliphatic rings. The summed E-state index contributed by atoms with van der Waals surface area (Å²) in [5.41, 5.74) is 4.33. The molecule has 0 unspecified atom stereocenters. The number of rotatable bonds is 3. The van der Waals surface area contributed by atoms with Gasteiger partial charge in [-0.25, -0.2) is 0 Å². The summed E-state index contributed by atoms with van der Waals surface area (Å²) in [6, 6.07) is 22.3. The molecule has 1 N–H and O–H groups in total. The number of benzene rings is 3. The number of hydrogen-bond acceptors (Lipinski definition) is 2. The summed E-state index contributed by atoms with van der Waals surface area (Å²) in [5, 5.41) is 0.784. The van der Waals surface area contributed by atoms with Crippen molar-refractivity contribution < 1.29 is 27.3 Å². The average molecular weight is 518 g/mol. The van der Waals surface area contributed by atoms with Crippen molar-refractivity contribution in [2.45, 2.75) is 6.37 Å². The second-order valence-electron chi connectivity index (χ2n) is 5.88. The van der Waals surface area contributed by atoms with Gasteiger partial charge in [0.05, 0.1) is 16.9 Å². The van der Waals surface area contributed by atoms with Crippen molar-refractivity contribution in [1.82, 2.24) is 9.97 Å². The van der Waals surface area contributed by atoms with Gasteiger partial charge in [-0.15, -0.1) is 0 Å². The van der Waals surface area contributed by atoms with E-state index in [4.69, 9.17) is 7.16 Å². The number of hydrogen-bond donors (Lipinski definition) is 1. The molecular weight excluding hydrogens is 500 g/mol. The summed E-state index contributed by atoms with van der Waals surface area (Å²) in [5.74, 6) is 0.660. The summed E-state index contributed by atoms with van der Waals surface area (Å²) >= 11 is 0. The molecule has 0 spiro atoms. The Bertz CT molecular complexity index is 1230. The van der Waals surface area contributed by atoms with Crippen LogP contribution in [-0.4, -0.2) is 9.97 Å². The minimum absolute atomic E-state index is 0. The number of aromatic nitrogens is 2. The predicted molar refractivity (Wildman–Crippen MR) is 99.4 cm³/mol. The van der Waals surface area contributed by atoms with Gasteiger partial charge < -0.3 is 9.40 Å². The van der Waals surface area contributed by atoms with Gasteiger partial charge in [0.1, 0.15) is 0 Å². The van der Waals surface area contributed by atoms with Gasteiger partial charge in [0.25, 0.3) is 0 Å². The van der Waals surface area contributed by atoms with Gasteiger partial charge >= 0.3 is 0 Å². The van der Waals surface area contributed by atoms with Crippen molar-refractivity contribution in [3.05, 3.63) is 90.2 Å². The Morgan fingerprint density at radius 2 is 1.77 bits per heavy atom. The van der Waals surface area contributed by atoms with Gasteiger partial charge in [-0.05, 0) is 24.1 Å². The average Bonchev–Trinajstić information content (AvgIpc) is 3.31. The minimum Gasteiger partial charge on any atom is -0.557 e. The summed E-state index contributed by atoms with van der Waals surface area (Å²) in [7, 11) is 0. The molecule has 0 saturated carbocycles. The molecule has 5 aromatic rings. The first-order chi connectivity index (χ1) is 13.1. The van der Waals surface area contributed by atoms with Crippen molar-refractivity contribution in [3.8, 4) is 11.4 Å². The number of nitrogens with zero attached hydrogens (tertiary/aromatic N) is 1. The van der Waals surface area contributed by atoms with Crippen molar-refractivity contribution in [2.75, 3.05) is 0 Å². The Morgan fingerprint density at radius 3 is 2.62 bits per heavy atom. The summed E-state index contributed by atoms with van der Waals surface area (Å²) in [6.07, 6.45) is 1.30. The molecule has 0 fully saturated rings. The fourth-order valence-corrected chi connectivity index (χ4v) is 2.99. The number of fused-ring (bicyclic) bond motifs is 2. The van der Waals surface area contributed by atoms with E-state index < -0.39 is 6.37 Å². The van der Waals surface area contributed by atoms with Crippen LogP contribution in [0.2, 0.25) is 0 Å². The standard InChI is InChI=1S/C22H15N2O.Ir/c1-2-6-15(7-3-1)12-16-10-11-21-17(13-16)18(14-25-21)22-23-19-8-4-5-9-20(19)24-22;/h1-11,13H,12H2,(H,23,24);/q-1;/i12D2;. The Kier molecular flexibility index (Phi) is 3.85. The maximum Gasteiger partial charge on any atom is 0.0768 e. The number of aromatic amines is 1. The normalized spacial score (nSPS) is 12.6. The van der Waals surface area contributed by atoms with Crippen LogP contribution in [0, 0.1) is 6.26 Å². The maximum absolute atomic E-state index is 8.60. The van der Waals surface area contributed by atoms with E-state index in [0.29, 0.717) is 28.1 Å². The molecule has 2 aromatic heterocycles. The molecule has 1 radical (unpaired) electrons. The van der Waals surface area contributed by atoms with E-state index in [1.165, 1.54) is 0 Å². The maximum atomic E-state index is 8.60. The fourth-order valence-electron chi connectivity index (χ4n) is 2.99. The zero-order chi connectivity index (χ0) is 18.4. The van der Waals surface area contributed by atoms with Gasteiger partial charge in [0.15, 0.2) is 0 Å². The molecule has 4 heteroatoms. The first-order valence-electron chi connectivity index (χ1n) is 9.08. The summed E-state index contributed by atoms with van der Waals surface area (Å²) < 4.78 is 22.8. The molecule has 0 saturated heterocycles. The number of para-hydroxylation sites is 2. The van der Waals surface area contributed by atoms with Crippen LogP contribution in [0.1, 0.15) is 13.9 Å². The van der Waals surface area contributed by atoms with Gasteiger partial charge in [0.2, 0.25) is 0 Å². The smallest absolute Gasteiger partial charge is 0.0768 e. The van der Waals surface area contributed by atoms with Crippen molar-refractivity contribution in [3.63, 3.8) is 0 Å². The summed E-state index contributed by atoms with van der Waals surface area (Å²) in [4.78, 5) is 7.90. The number of furan rings is 1. The largest absolute Gasteiger partial charge is 0.557 e. The second kappa shape index (κ2) is 6.91. The van der Waals surface area contributed by atoms with Crippen molar-refractivity contribution in [1.29, 1.82) is 0 Å². The number of H-pyrrole nitrogens is 1. The Morgan fingerprint density at radius 1 is 0.962 bits per heavy atom. The van der Waals surface area contributed by atoms with Crippen LogP contribution in [-0.2, 0) is 26.5 Å². The van der Waals surface area contributed by atoms with Crippen LogP contribution in [0.3, 0.4) is 0 Å². The molecule has 0 bridgehead atoms. The molecule has 0 amide bonds. The third kappa shape index (κ3) is 2.98. The Hall–Kier alpha value is -2.68. The number of imidazole rings is 1. The molecule has 3 nitrogen and oxygen atoms in total. The second-order valence-corrected chi connectivity index (χ2v) is 5.88. The van der Waals surface area contributed by atoms with Crippen LogP contribution >= 0.6 is 0 Å². The Labute approximate surface area is 167 Å². The van der Waals surface area contributed by atoms with E-state index in [1.54, 1.807) is 24.3 Å². The van der Waals surface area contributed by atoms with E-state index in [-0.39, 0.29) is 20.1 Å². The molecule has 0 atom stereocenters. The van der Waals surface area contributed by atoms with Crippen molar-refractivity contribution in [2.24, 2.45) is 0 Å². The molecule has 129 valence electrons. The van der Waals surface area contributed by atoms with Gasteiger partial charge in [-0.2, -0.15) is 0 Å². The van der Waals surface area contributed by atoms with Crippen LogP contribution in [0.4, 0.5) is 0 Å². The first-order valence-corrected chi connectivity index (χ1v) is 8.08. The predicted octanol–water partition coefficient (Wildman–Crippen LogP) is 5.36. The van der Waals surface area contributed by atoms with E-state index in [2.05, 4.69) is 16.2 Å². The van der Waals surface area contributed by atoms with Gasteiger partial charge in [0, 0.05) is 34.7 Å². The van der Waals surface area contributed by atoms with E-state index in [1.807, 2.05) is 48.5 Å². The SMILES string of the molecule is [2H]C([2H])(c1ccccc1)c1ccc2o[c-]c(-c3nc4ccccc4[nH]3)c2c1.[Ir]. The van der Waals surface area contributed by atoms with Crippen LogP contribution in [0.25, 0.3) is 33.4 Å². The third-order valence-corrected chi connectivity index (χ3v) is 4.20. The van der Waals surface area contributed by atoms with E-state index >= 15 is 0 Å². The fraction of sp³-hybridized carbons (Fsp3) is 0.0455. The van der Waals surface area contributed by atoms with Crippen LogP contribution in [0.15, 0.2) is 77.2 Å². The van der Waals surface area contributed by atoms with Crippen LogP contribution in [0.5, 0.6) is 0 Å². The molecule has 0 aliphatic heterocycles. The molecule has 26 heavy (non-hydrogen) atoms.